The molecule has 0 heterocycles. The summed E-state index contributed by atoms with van der Waals surface area (Å²) in [4.78, 5) is 0. The minimum absolute atomic E-state index is 0. The average molecular weight is 297 g/mol. The van der Waals surface area contributed by atoms with Crippen LogP contribution in [0.15, 0.2) is 0 Å². The van der Waals surface area contributed by atoms with E-state index in [2.05, 4.69) is 0 Å². The van der Waals surface area contributed by atoms with E-state index in [0.29, 0.717) is 0 Å². The van der Waals surface area contributed by atoms with Crippen LogP contribution in [0.5, 0.6) is 0 Å². The molecule has 0 aromatic rings. The van der Waals surface area contributed by atoms with E-state index in [9.17, 15) is 0 Å². The first kappa shape index (κ1) is 16.5. The SMILES string of the molecule is [CaH2].[La].[OH][Ti]([OH])([OH])[OH]. The summed E-state index contributed by atoms with van der Waals surface area (Å²) in [7, 11) is 0. The fourth-order valence-corrected chi connectivity index (χ4v) is 0. The van der Waals surface area contributed by atoms with E-state index in [-0.39, 0.29) is 73.3 Å². The van der Waals surface area contributed by atoms with Crippen molar-refractivity contribution in [2.75, 3.05) is 0 Å². The minimum atomic E-state index is -5.00. The predicted octanol–water partition coefficient (Wildman–Crippen LogP) is -3.15. The monoisotopic (exact) mass is 297 g/mol. The molecular weight excluding hydrogens is 291 g/mol. The second-order valence-electron chi connectivity index (χ2n) is 0.600. The van der Waals surface area contributed by atoms with Crippen LogP contribution in [0.1, 0.15) is 0 Å². The second-order valence-corrected chi connectivity index (χ2v) is 2.47. The van der Waals surface area contributed by atoms with Crippen LogP contribution in [0.3, 0.4) is 0 Å². The van der Waals surface area contributed by atoms with Gasteiger partial charge in [-0.05, 0) is 0 Å². The van der Waals surface area contributed by atoms with Gasteiger partial charge in [0.2, 0.25) is 0 Å². The van der Waals surface area contributed by atoms with Gasteiger partial charge in [-0.3, -0.25) is 0 Å². The molecule has 0 unspecified atom stereocenters. The molecule has 0 aliphatic heterocycles. The van der Waals surface area contributed by atoms with E-state index in [4.69, 9.17) is 14.8 Å². The topological polar surface area (TPSA) is 80.9 Å². The normalized spacial score (nSPS) is 8.57. The molecule has 4 nitrogen and oxygen atoms in total. The van der Waals surface area contributed by atoms with Gasteiger partial charge in [-0.25, -0.2) is 0 Å². The molecule has 0 fully saturated rings. The zero-order valence-electron chi connectivity index (χ0n) is 2.87. The molecule has 0 amide bonds. The number of hydrogen-bond donors (Lipinski definition) is 4. The van der Waals surface area contributed by atoms with Crippen LogP contribution in [0.2, 0.25) is 0 Å². The third-order valence-corrected chi connectivity index (χ3v) is 0. The predicted molar refractivity (Wildman–Crippen MR) is 17.4 cm³/mol. The third-order valence-electron chi connectivity index (χ3n) is 0. The summed E-state index contributed by atoms with van der Waals surface area (Å²) in [5.74, 6) is 0. The van der Waals surface area contributed by atoms with Crippen LogP contribution in [0.25, 0.3) is 0 Å². The molecule has 0 saturated carbocycles. The molecule has 0 aromatic carbocycles. The van der Waals surface area contributed by atoms with E-state index >= 15 is 0 Å². The Hall–Kier alpha value is 3.01. The zero-order chi connectivity index (χ0) is 4.50. The summed E-state index contributed by atoms with van der Waals surface area (Å²) < 4.78 is 29.5. The molecule has 0 rings (SSSR count). The van der Waals surface area contributed by atoms with Gasteiger partial charge in [0, 0.05) is 35.6 Å². The third kappa shape index (κ3) is 48.9. The summed E-state index contributed by atoms with van der Waals surface area (Å²) in [5, 5.41) is 0. The van der Waals surface area contributed by atoms with Gasteiger partial charge in [-0.1, -0.05) is 0 Å². The summed E-state index contributed by atoms with van der Waals surface area (Å²) in [6, 6.07) is 0. The maximum atomic E-state index is 7.38. The van der Waals surface area contributed by atoms with Gasteiger partial charge < -0.3 is 0 Å². The summed E-state index contributed by atoms with van der Waals surface area (Å²) in [5.41, 5.74) is 0. The van der Waals surface area contributed by atoms with E-state index in [1.807, 2.05) is 0 Å². The maximum absolute atomic E-state index is 7.38. The molecule has 0 bridgehead atoms. The first-order chi connectivity index (χ1) is 2.00. The van der Waals surface area contributed by atoms with Gasteiger partial charge in [0.15, 0.2) is 0 Å². The van der Waals surface area contributed by atoms with Crippen molar-refractivity contribution in [3.63, 3.8) is 0 Å². The molecule has 4 N–H and O–H groups in total. The van der Waals surface area contributed by atoms with Crippen molar-refractivity contribution in [2.45, 2.75) is 0 Å². The molecule has 0 saturated heterocycles. The fourth-order valence-electron chi connectivity index (χ4n) is 0. The standard InChI is InChI=1S/Ca.La.4H2O.Ti.2H/h;;4*1H2;;;/q;;;;;;+4;;/p-4. The zero-order valence-corrected chi connectivity index (χ0v) is 8.05. The van der Waals surface area contributed by atoms with Gasteiger partial charge >= 0.3 is 70.6 Å². The molecule has 0 atom stereocenters. The van der Waals surface area contributed by atoms with Crippen molar-refractivity contribution in [3.8, 4) is 0 Å². The van der Waals surface area contributed by atoms with Crippen LogP contribution in [0, 0.1) is 35.6 Å². The van der Waals surface area contributed by atoms with Crippen molar-refractivity contribution in [1.29, 1.82) is 0 Å². The number of rotatable bonds is 0. The molecule has 0 aliphatic carbocycles. The Bertz CT molecular complexity index is 27.2. The van der Waals surface area contributed by atoms with E-state index in [0.717, 1.165) is 0 Å². The molecule has 0 aromatic heterocycles. The van der Waals surface area contributed by atoms with Gasteiger partial charge in [0.1, 0.15) is 0 Å². The molecule has 0 spiro atoms. The quantitative estimate of drug-likeness (QED) is 0.356. The van der Waals surface area contributed by atoms with Crippen LogP contribution in [-0.2, 0) is 18.1 Å². The Balaban J connectivity index is -0.0000000800. The summed E-state index contributed by atoms with van der Waals surface area (Å²) >= 11 is -5.00. The van der Waals surface area contributed by atoms with Gasteiger partial charge in [-0.2, -0.15) is 0 Å². The van der Waals surface area contributed by atoms with E-state index in [1.54, 1.807) is 0 Å². The molecule has 39 valence electrons. The van der Waals surface area contributed by atoms with Crippen molar-refractivity contribution in [2.24, 2.45) is 0 Å². The summed E-state index contributed by atoms with van der Waals surface area (Å²) in [6.45, 7) is 0. The van der Waals surface area contributed by atoms with Crippen LogP contribution in [-0.4, -0.2) is 52.5 Å². The Labute approximate surface area is 104 Å². The molecule has 7 heavy (non-hydrogen) atoms. The first-order valence-electron chi connectivity index (χ1n) is 0.894. The van der Waals surface area contributed by atoms with Gasteiger partial charge in [-0.15, -0.1) is 0 Å². The van der Waals surface area contributed by atoms with Crippen LogP contribution >= 0.6 is 0 Å². The van der Waals surface area contributed by atoms with Crippen LogP contribution in [0.4, 0.5) is 0 Å². The summed E-state index contributed by atoms with van der Waals surface area (Å²) in [6.07, 6.45) is 0. The Morgan fingerprint density at radius 2 is 0.857 bits per heavy atom. The molecular formula is H6CaLaO4Ti. The van der Waals surface area contributed by atoms with Crippen molar-refractivity contribution < 1.29 is 68.5 Å². The Morgan fingerprint density at radius 1 is 0.857 bits per heavy atom. The van der Waals surface area contributed by atoms with Gasteiger partial charge in [0.25, 0.3) is 0 Å². The first-order valence-corrected chi connectivity index (χ1v) is 3.69. The van der Waals surface area contributed by atoms with Crippen molar-refractivity contribution in [1.82, 2.24) is 0 Å². The van der Waals surface area contributed by atoms with Crippen molar-refractivity contribution in [3.05, 3.63) is 0 Å². The average Bonchev–Trinajstić information content (AvgIpc) is 0.722. The van der Waals surface area contributed by atoms with E-state index in [1.165, 1.54) is 0 Å². The van der Waals surface area contributed by atoms with E-state index < -0.39 is 18.1 Å². The second kappa shape index (κ2) is 7.12. The van der Waals surface area contributed by atoms with Crippen LogP contribution < -0.4 is 0 Å². The van der Waals surface area contributed by atoms with Crippen molar-refractivity contribution >= 4 is 37.7 Å². The fraction of sp³-hybridized carbons (Fsp3) is 0. The molecule has 1 radical (unpaired) electrons. The Kier molecular flexibility index (Phi) is 16.8. The molecule has 0 aliphatic rings. The molecule has 7 heteroatoms. The van der Waals surface area contributed by atoms with Gasteiger partial charge in [0.05, 0.1) is 0 Å². The Morgan fingerprint density at radius 3 is 0.857 bits per heavy atom. The number of hydrogen-bond acceptors (Lipinski definition) is 4.